The third-order valence-corrected chi connectivity index (χ3v) is 4.42. The second kappa shape index (κ2) is 6.93. The van der Waals surface area contributed by atoms with Gasteiger partial charge in [-0.25, -0.2) is 0 Å². The molecule has 0 fully saturated rings. The van der Waals surface area contributed by atoms with Gasteiger partial charge in [0.15, 0.2) is 11.5 Å². The van der Waals surface area contributed by atoms with Gasteiger partial charge in [-0.1, -0.05) is 12.1 Å². The fraction of sp³-hybridized carbons (Fsp3) is 0.235. The molecule has 2 aromatic carbocycles. The molecule has 1 amide bonds. The Hall–Kier alpha value is -2.18. The van der Waals surface area contributed by atoms with Gasteiger partial charge in [0, 0.05) is 22.7 Å². The molecular formula is C17H18N2O3S. The number of carbonyl (C=O) groups is 1. The monoisotopic (exact) mass is 330 g/mol. The summed E-state index contributed by atoms with van der Waals surface area (Å²) in [4.78, 5) is 12.5. The first-order valence-corrected chi connectivity index (χ1v) is 8.05. The Morgan fingerprint density at radius 1 is 1.22 bits per heavy atom. The maximum atomic E-state index is 11.4. The van der Waals surface area contributed by atoms with Crippen LogP contribution in [0, 0.1) is 0 Å². The van der Waals surface area contributed by atoms with E-state index in [0.717, 1.165) is 33.2 Å². The second-order valence-electron chi connectivity index (χ2n) is 5.12. The highest BCUT2D eigenvalue weighted by Gasteiger charge is 2.17. The van der Waals surface area contributed by atoms with E-state index in [1.165, 1.54) is 11.9 Å². The van der Waals surface area contributed by atoms with Crippen molar-refractivity contribution in [2.45, 2.75) is 17.9 Å². The van der Waals surface area contributed by atoms with Gasteiger partial charge >= 0.3 is 0 Å². The molecule has 0 radical (unpaired) electrons. The first-order valence-electron chi connectivity index (χ1n) is 7.23. The Labute approximate surface area is 139 Å². The van der Waals surface area contributed by atoms with Crippen molar-refractivity contribution in [2.75, 3.05) is 19.5 Å². The number of amides is 1. The third-order valence-electron chi connectivity index (χ3n) is 3.64. The van der Waals surface area contributed by atoms with E-state index in [2.05, 4.69) is 10.0 Å². The van der Waals surface area contributed by atoms with Crippen LogP contribution in [-0.4, -0.2) is 20.1 Å². The van der Waals surface area contributed by atoms with E-state index in [0.29, 0.717) is 13.0 Å². The number of nitrogens with one attached hydrogen (secondary N) is 2. The van der Waals surface area contributed by atoms with Gasteiger partial charge in [0.05, 0.1) is 20.6 Å². The molecule has 2 aromatic rings. The minimum atomic E-state index is 0.0521. The van der Waals surface area contributed by atoms with Crippen LogP contribution >= 0.6 is 11.9 Å². The van der Waals surface area contributed by atoms with Crippen molar-refractivity contribution in [3.63, 3.8) is 0 Å². The van der Waals surface area contributed by atoms with Crippen LogP contribution in [0.15, 0.2) is 41.3 Å². The van der Waals surface area contributed by atoms with Crippen molar-refractivity contribution in [2.24, 2.45) is 0 Å². The summed E-state index contributed by atoms with van der Waals surface area (Å²) in [5.41, 5.74) is 2.98. The van der Waals surface area contributed by atoms with Gasteiger partial charge in [-0.3, -0.25) is 9.52 Å². The Morgan fingerprint density at radius 3 is 2.87 bits per heavy atom. The summed E-state index contributed by atoms with van der Waals surface area (Å²) in [6, 6.07) is 11.8. The lowest BCUT2D eigenvalue weighted by Crippen LogP contribution is -2.05. The van der Waals surface area contributed by atoms with Crippen LogP contribution in [0.3, 0.4) is 0 Å². The molecule has 120 valence electrons. The van der Waals surface area contributed by atoms with Gasteiger partial charge in [0.1, 0.15) is 0 Å². The summed E-state index contributed by atoms with van der Waals surface area (Å²) >= 11 is 1.53. The average Bonchev–Trinajstić information content (AvgIpc) is 2.93. The van der Waals surface area contributed by atoms with Crippen molar-refractivity contribution in [1.29, 1.82) is 0 Å². The average molecular weight is 330 g/mol. The summed E-state index contributed by atoms with van der Waals surface area (Å²) in [5.74, 6) is 1.52. The number of anilines is 1. The molecule has 1 aliphatic rings. The number of para-hydroxylation sites is 1. The maximum absolute atomic E-state index is 11.4. The van der Waals surface area contributed by atoms with Crippen LogP contribution in [-0.2, 0) is 17.8 Å². The highest BCUT2D eigenvalue weighted by Crippen LogP contribution is 2.32. The summed E-state index contributed by atoms with van der Waals surface area (Å²) in [7, 11) is 3.27. The highest BCUT2D eigenvalue weighted by molar-refractivity contribution is 7.97. The molecule has 0 saturated carbocycles. The first kappa shape index (κ1) is 15.7. The van der Waals surface area contributed by atoms with Crippen molar-refractivity contribution in [3.05, 3.63) is 47.5 Å². The SMILES string of the molecule is COc1cccc(CNSc2ccc3c(c2)CC(=O)N3)c1OC. The normalized spacial score (nSPS) is 12.7. The van der Waals surface area contributed by atoms with E-state index in [1.807, 2.05) is 36.4 Å². The second-order valence-corrected chi connectivity index (χ2v) is 6.08. The van der Waals surface area contributed by atoms with Crippen LogP contribution in [0.5, 0.6) is 11.5 Å². The molecule has 1 heterocycles. The number of rotatable bonds is 6. The Bertz CT molecular complexity index is 734. The predicted molar refractivity (Wildman–Crippen MR) is 91.0 cm³/mol. The van der Waals surface area contributed by atoms with E-state index >= 15 is 0 Å². The molecular weight excluding hydrogens is 312 g/mol. The van der Waals surface area contributed by atoms with Gasteiger partial charge in [0.25, 0.3) is 0 Å². The fourth-order valence-electron chi connectivity index (χ4n) is 2.56. The van der Waals surface area contributed by atoms with Crippen molar-refractivity contribution < 1.29 is 14.3 Å². The van der Waals surface area contributed by atoms with E-state index < -0.39 is 0 Å². The smallest absolute Gasteiger partial charge is 0.228 e. The zero-order chi connectivity index (χ0) is 16.2. The van der Waals surface area contributed by atoms with Gasteiger partial charge < -0.3 is 14.8 Å². The number of benzene rings is 2. The summed E-state index contributed by atoms with van der Waals surface area (Å²) in [5, 5.41) is 2.84. The molecule has 0 spiro atoms. The van der Waals surface area contributed by atoms with Gasteiger partial charge in [-0.15, -0.1) is 0 Å². The predicted octanol–water partition coefficient (Wildman–Crippen LogP) is 3.00. The van der Waals surface area contributed by atoms with Gasteiger partial charge in [-0.05, 0) is 41.8 Å². The number of ether oxygens (including phenoxy) is 2. The van der Waals surface area contributed by atoms with E-state index in [1.54, 1.807) is 14.2 Å². The summed E-state index contributed by atoms with van der Waals surface area (Å²) < 4.78 is 14.0. The number of hydrogen-bond acceptors (Lipinski definition) is 5. The van der Waals surface area contributed by atoms with Crippen LogP contribution in [0.1, 0.15) is 11.1 Å². The maximum Gasteiger partial charge on any atom is 0.228 e. The van der Waals surface area contributed by atoms with Crippen LogP contribution in [0.25, 0.3) is 0 Å². The Kier molecular flexibility index (Phi) is 4.73. The molecule has 5 nitrogen and oxygen atoms in total. The molecule has 3 rings (SSSR count). The molecule has 0 unspecified atom stereocenters. The standard InChI is InChI=1S/C17H18N2O3S/c1-21-15-5-3-4-11(17(15)22-2)10-18-23-13-6-7-14-12(8-13)9-16(20)19-14/h3-8,18H,9-10H2,1-2H3,(H,19,20). The van der Waals surface area contributed by atoms with E-state index in [4.69, 9.17) is 9.47 Å². The molecule has 0 aromatic heterocycles. The summed E-state index contributed by atoms with van der Waals surface area (Å²) in [6.45, 7) is 0.638. The molecule has 1 aliphatic heterocycles. The molecule has 23 heavy (non-hydrogen) atoms. The molecule has 0 saturated heterocycles. The van der Waals surface area contributed by atoms with Crippen LogP contribution < -0.4 is 19.5 Å². The van der Waals surface area contributed by atoms with Crippen molar-refractivity contribution in [1.82, 2.24) is 4.72 Å². The van der Waals surface area contributed by atoms with Crippen LogP contribution in [0.4, 0.5) is 5.69 Å². The molecule has 0 atom stereocenters. The lowest BCUT2D eigenvalue weighted by molar-refractivity contribution is -0.115. The largest absolute Gasteiger partial charge is 0.493 e. The summed E-state index contributed by atoms with van der Waals surface area (Å²) in [6.07, 6.45) is 0.452. The molecule has 2 N–H and O–H groups in total. The third kappa shape index (κ3) is 3.43. The topological polar surface area (TPSA) is 59.6 Å². The minimum Gasteiger partial charge on any atom is -0.493 e. The molecule has 0 aliphatic carbocycles. The highest BCUT2D eigenvalue weighted by atomic mass is 32.2. The number of fused-ring (bicyclic) bond motifs is 1. The Morgan fingerprint density at radius 2 is 2.09 bits per heavy atom. The zero-order valence-corrected chi connectivity index (χ0v) is 13.8. The lowest BCUT2D eigenvalue weighted by Gasteiger charge is -2.13. The van der Waals surface area contributed by atoms with E-state index in [9.17, 15) is 4.79 Å². The Balaban J connectivity index is 1.64. The first-order chi connectivity index (χ1) is 11.2. The lowest BCUT2D eigenvalue weighted by atomic mass is 10.2. The van der Waals surface area contributed by atoms with Gasteiger partial charge in [-0.2, -0.15) is 0 Å². The number of hydrogen-bond donors (Lipinski definition) is 2. The van der Waals surface area contributed by atoms with Crippen molar-refractivity contribution >= 4 is 23.5 Å². The number of methoxy groups -OCH3 is 2. The number of carbonyl (C=O) groups excluding carboxylic acids is 1. The van der Waals surface area contributed by atoms with Crippen LogP contribution in [0.2, 0.25) is 0 Å². The fourth-order valence-corrected chi connectivity index (χ4v) is 3.29. The quantitative estimate of drug-likeness (QED) is 0.798. The zero-order valence-electron chi connectivity index (χ0n) is 13.0. The van der Waals surface area contributed by atoms with Gasteiger partial charge in [0.2, 0.25) is 5.91 Å². The molecule has 6 heteroatoms. The van der Waals surface area contributed by atoms with Crippen molar-refractivity contribution in [3.8, 4) is 11.5 Å². The van der Waals surface area contributed by atoms with E-state index in [-0.39, 0.29) is 5.91 Å². The molecule has 0 bridgehead atoms. The minimum absolute atomic E-state index is 0.0521.